The molecule has 0 N–H and O–H groups in total. The normalized spacial score (nSPS) is 9.94. The number of amides is 1. The van der Waals surface area contributed by atoms with Crippen LogP contribution in [-0.2, 0) is 11.2 Å². The van der Waals surface area contributed by atoms with Crippen LogP contribution >= 0.6 is 0 Å². The highest BCUT2D eigenvalue weighted by Gasteiger charge is 2.12. The molecule has 1 amide bonds. The zero-order valence-electron chi connectivity index (χ0n) is 11.4. The van der Waals surface area contributed by atoms with Crippen molar-refractivity contribution in [3.05, 3.63) is 42.0 Å². The maximum atomic E-state index is 12.1. The quantitative estimate of drug-likeness (QED) is 0.723. The van der Waals surface area contributed by atoms with Gasteiger partial charge in [0.2, 0.25) is 5.91 Å². The molecule has 3 heteroatoms. The Balaban J connectivity index is 2.69. The van der Waals surface area contributed by atoms with E-state index < -0.39 is 0 Å². The van der Waals surface area contributed by atoms with Gasteiger partial charge in [-0.05, 0) is 31.5 Å². The predicted octanol–water partition coefficient (Wildman–Crippen LogP) is 2.66. The smallest absolute Gasteiger partial charge is 0.227 e. The van der Waals surface area contributed by atoms with Crippen molar-refractivity contribution in [2.75, 3.05) is 20.2 Å². The van der Waals surface area contributed by atoms with E-state index in [0.717, 1.165) is 16.9 Å². The minimum atomic E-state index is 0.119. The van der Waals surface area contributed by atoms with E-state index in [9.17, 15) is 4.79 Å². The number of carbonyl (C=O) groups is 1. The molecular weight excluding hydrogens is 226 g/mol. The van der Waals surface area contributed by atoms with E-state index in [2.05, 4.69) is 6.58 Å². The number of ether oxygens (including phenoxy) is 1. The van der Waals surface area contributed by atoms with Crippen molar-refractivity contribution >= 4 is 5.91 Å². The van der Waals surface area contributed by atoms with E-state index in [1.165, 1.54) is 0 Å². The van der Waals surface area contributed by atoms with Crippen molar-refractivity contribution in [2.45, 2.75) is 20.3 Å². The molecule has 0 bridgehead atoms. The molecule has 0 saturated heterocycles. The van der Waals surface area contributed by atoms with E-state index in [-0.39, 0.29) is 5.91 Å². The number of benzene rings is 1. The van der Waals surface area contributed by atoms with Gasteiger partial charge in [0.15, 0.2) is 0 Å². The Morgan fingerprint density at radius 3 is 2.72 bits per heavy atom. The Morgan fingerprint density at radius 2 is 2.17 bits per heavy atom. The van der Waals surface area contributed by atoms with Gasteiger partial charge < -0.3 is 9.64 Å². The second-order valence-electron chi connectivity index (χ2n) is 4.39. The third-order valence-electron chi connectivity index (χ3n) is 2.68. The van der Waals surface area contributed by atoms with Crippen LogP contribution in [0, 0.1) is 0 Å². The average molecular weight is 247 g/mol. The zero-order valence-corrected chi connectivity index (χ0v) is 11.4. The Hall–Kier alpha value is -1.77. The van der Waals surface area contributed by atoms with Crippen LogP contribution in [0.25, 0.3) is 0 Å². The summed E-state index contributed by atoms with van der Waals surface area (Å²) in [6, 6.07) is 7.61. The average Bonchev–Trinajstić information content (AvgIpc) is 2.35. The van der Waals surface area contributed by atoms with Crippen molar-refractivity contribution in [1.29, 1.82) is 0 Å². The molecule has 1 aromatic carbocycles. The van der Waals surface area contributed by atoms with Gasteiger partial charge in [0.25, 0.3) is 0 Å². The molecule has 0 heterocycles. The standard InChI is InChI=1S/C15H21NO2/c1-5-16(11-12(2)3)15(17)10-13-7-6-8-14(9-13)18-4/h6-9H,2,5,10-11H2,1,3-4H3. The number of hydrogen-bond donors (Lipinski definition) is 0. The van der Waals surface area contributed by atoms with Crippen LogP contribution in [0.1, 0.15) is 19.4 Å². The largest absolute Gasteiger partial charge is 0.497 e. The third-order valence-corrected chi connectivity index (χ3v) is 2.68. The molecule has 1 aromatic rings. The number of methoxy groups -OCH3 is 1. The van der Waals surface area contributed by atoms with Gasteiger partial charge in [-0.15, -0.1) is 0 Å². The summed E-state index contributed by atoms with van der Waals surface area (Å²) in [6.07, 6.45) is 0.401. The van der Waals surface area contributed by atoms with Crippen molar-refractivity contribution in [3.63, 3.8) is 0 Å². The molecule has 0 unspecified atom stereocenters. The second-order valence-corrected chi connectivity index (χ2v) is 4.39. The summed E-state index contributed by atoms with van der Waals surface area (Å²) in [6.45, 7) is 9.08. The summed E-state index contributed by atoms with van der Waals surface area (Å²) < 4.78 is 5.15. The number of likely N-dealkylation sites (N-methyl/N-ethyl adjacent to an activating group) is 1. The monoisotopic (exact) mass is 247 g/mol. The lowest BCUT2D eigenvalue weighted by atomic mass is 10.1. The molecule has 0 fully saturated rings. The fourth-order valence-corrected chi connectivity index (χ4v) is 1.77. The van der Waals surface area contributed by atoms with Crippen LogP contribution in [0.2, 0.25) is 0 Å². The number of rotatable bonds is 6. The fourth-order valence-electron chi connectivity index (χ4n) is 1.77. The highest BCUT2D eigenvalue weighted by atomic mass is 16.5. The summed E-state index contributed by atoms with van der Waals surface area (Å²) in [5.41, 5.74) is 1.97. The topological polar surface area (TPSA) is 29.5 Å². The number of carbonyl (C=O) groups excluding carboxylic acids is 1. The molecule has 0 saturated carbocycles. The van der Waals surface area contributed by atoms with Crippen LogP contribution in [0.15, 0.2) is 36.4 Å². The first-order valence-electron chi connectivity index (χ1n) is 6.12. The molecule has 98 valence electrons. The van der Waals surface area contributed by atoms with E-state index >= 15 is 0 Å². The van der Waals surface area contributed by atoms with Crippen LogP contribution in [-0.4, -0.2) is 31.0 Å². The van der Waals surface area contributed by atoms with Crippen molar-refractivity contribution in [3.8, 4) is 5.75 Å². The molecular formula is C15H21NO2. The van der Waals surface area contributed by atoms with Gasteiger partial charge in [-0.2, -0.15) is 0 Å². The maximum absolute atomic E-state index is 12.1. The Morgan fingerprint density at radius 1 is 1.44 bits per heavy atom. The van der Waals surface area contributed by atoms with Crippen molar-refractivity contribution in [2.24, 2.45) is 0 Å². The molecule has 3 nitrogen and oxygen atoms in total. The van der Waals surface area contributed by atoms with Gasteiger partial charge >= 0.3 is 0 Å². The van der Waals surface area contributed by atoms with Gasteiger partial charge in [0.1, 0.15) is 5.75 Å². The van der Waals surface area contributed by atoms with Gasteiger partial charge in [0.05, 0.1) is 13.5 Å². The van der Waals surface area contributed by atoms with Gasteiger partial charge in [-0.25, -0.2) is 0 Å². The number of hydrogen-bond acceptors (Lipinski definition) is 2. The minimum absolute atomic E-state index is 0.119. The summed E-state index contributed by atoms with van der Waals surface area (Å²) >= 11 is 0. The lowest BCUT2D eigenvalue weighted by Gasteiger charge is -2.21. The van der Waals surface area contributed by atoms with Crippen LogP contribution in [0.4, 0.5) is 0 Å². The predicted molar refractivity (Wildman–Crippen MR) is 73.8 cm³/mol. The SMILES string of the molecule is C=C(C)CN(CC)C(=O)Cc1cccc(OC)c1. The summed E-state index contributed by atoms with van der Waals surface area (Å²) in [4.78, 5) is 13.9. The molecule has 1 rings (SSSR count). The first-order valence-corrected chi connectivity index (χ1v) is 6.12. The minimum Gasteiger partial charge on any atom is -0.497 e. The van der Waals surface area contributed by atoms with Gasteiger partial charge in [0, 0.05) is 13.1 Å². The zero-order chi connectivity index (χ0) is 13.5. The second kappa shape index (κ2) is 6.84. The molecule has 18 heavy (non-hydrogen) atoms. The lowest BCUT2D eigenvalue weighted by molar-refractivity contribution is -0.129. The summed E-state index contributed by atoms with van der Waals surface area (Å²) in [5.74, 6) is 0.900. The Labute approximate surface area is 109 Å². The summed E-state index contributed by atoms with van der Waals surface area (Å²) in [7, 11) is 1.63. The van der Waals surface area contributed by atoms with Crippen LogP contribution < -0.4 is 4.74 Å². The first-order chi connectivity index (χ1) is 8.56. The first kappa shape index (κ1) is 14.3. The fraction of sp³-hybridized carbons (Fsp3) is 0.400. The molecule has 0 aliphatic heterocycles. The number of nitrogens with zero attached hydrogens (tertiary/aromatic N) is 1. The van der Waals surface area contributed by atoms with E-state index in [4.69, 9.17) is 4.74 Å². The molecule has 0 atom stereocenters. The highest BCUT2D eigenvalue weighted by Crippen LogP contribution is 2.14. The van der Waals surface area contributed by atoms with Gasteiger partial charge in [-0.3, -0.25) is 4.79 Å². The molecule has 0 aromatic heterocycles. The maximum Gasteiger partial charge on any atom is 0.227 e. The van der Waals surface area contributed by atoms with Gasteiger partial charge in [-0.1, -0.05) is 24.3 Å². The molecule has 0 spiro atoms. The van der Waals surface area contributed by atoms with E-state index in [1.54, 1.807) is 7.11 Å². The Kier molecular flexibility index (Phi) is 5.43. The van der Waals surface area contributed by atoms with Crippen LogP contribution in [0.5, 0.6) is 5.75 Å². The third kappa shape index (κ3) is 4.24. The Bertz CT molecular complexity index is 426. The lowest BCUT2D eigenvalue weighted by Crippen LogP contribution is -2.33. The molecule has 0 radical (unpaired) electrons. The van der Waals surface area contributed by atoms with Crippen LogP contribution in [0.3, 0.4) is 0 Å². The van der Waals surface area contributed by atoms with E-state index in [0.29, 0.717) is 19.5 Å². The highest BCUT2D eigenvalue weighted by molar-refractivity contribution is 5.79. The molecule has 0 aliphatic carbocycles. The van der Waals surface area contributed by atoms with Crippen molar-refractivity contribution < 1.29 is 9.53 Å². The molecule has 0 aliphatic rings. The van der Waals surface area contributed by atoms with E-state index in [1.807, 2.05) is 43.0 Å². The van der Waals surface area contributed by atoms with Crippen molar-refractivity contribution in [1.82, 2.24) is 4.90 Å². The summed E-state index contributed by atoms with van der Waals surface area (Å²) in [5, 5.41) is 0.